The molecule has 0 spiro atoms. The summed E-state index contributed by atoms with van der Waals surface area (Å²) in [6.07, 6.45) is 0.840. The fraction of sp³-hybridized carbons (Fsp3) is 0.217. The fourth-order valence-corrected chi connectivity index (χ4v) is 3.80. The molecule has 0 aliphatic rings. The number of nitrogens with one attached hydrogen (secondary N) is 1. The van der Waals surface area contributed by atoms with E-state index in [1.807, 2.05) is 31.2 Å². The maximum absolute atomic E-state index is 9.79. The molecular formula is C23H22N4. The maximum Gasteiger partial charge on any atom is 0.157 e. The third kappa shape index (κ3) is 2.72. The van der Waals surface area contributed by atoms with E-state index in [9.17, 15) is 5.26 Å². The van der Waals surface area contributed by atoms with E-state index in [0.717, 1.165) is 40.0 Å². The molecule has 2 heterocycles. The molecular weight excluding hydrogens is 332 g/mol. The van der Waals surface area contributed by atoms with E-state index in [2.05, 4.69) is 60.0 Å². The highest BCUT2D eigenvalue weighted by Gasteiger charge is 2.21. The fourth-order valence-electron chi connectivity index (χ4n) is 3.80. The Kier molecular flexibility index (Phi) is 4.29. The van der Waals surface area contributed by atoms with Gasteiger partial charge in [-0.15, -0.1) is 0 Å². The molecule has 0 aliphatic heterocycles. The number of nitriles is 1. The van der Waals surface area contributed by atoms with Crippen LogP contribution in [0, 0.1) is 18.3 Å². The Balaban J connectivity index is 2.02. The van der Waals surface area contributed by atoms with Crippen molar-refractivity contribution in [2.75, 3.05) is 5.32 Å². The summed E-state index contributed by atoms with van der Waals surface area (Å²) in [5, 5.41) is 13.5. The van der Waals surface area contributed by atoms with Crippen LogP contribution in [0.3, 0.4) is 0 Å². The highest BCUT2D eigenvalue weighted by molar-refractivity contribution is 5.86. The molecule has 1 atom stereocenters. The van der Waals surface area contributed by atoms with E-state index < -0.39 is 0 Å². The van der Waals surface area contributed by atoms with Gasteiger partial charge in [0.15, 0.2) is 5.65 Å². The lowest BCUT2D eigenvalue weighted by molar-refractivity contribution is 0.860. The van der Waals surface area contributed by atoms with Crippen molar-refractivity contribution in [3.05, 3.63) is 76.9 Å². The Morgan fingerprint density at radius 1 is 1.11 bits per heavy atom. The smallest absolute Gasteiger partial charge is 0.157 e. The third-order valence-corrected chi connectivity index (χ3v) is 5.24. The number of para-hydroxylation sites is 2. The van der Waals surface area contributed by atoms with Crippen molar-refractivity contribution in [2.45, 2.75) is 33.2 Å². The van der Waals surface area contributed by atoms with E-state index in [0.29, 0.717) is 5.56 Å². The normalized spacial score (nSPS) is 12.2. The second kappa shape index (κ2) is 6.77. The number of imidazole rings is 1. The molecule has 4 aromatic rings. The predicted octanol–water partition coefficient (Wildman–Crippen LogP) is 5.40. The first kappa shape index (κ1) is 17.1. The van der Waals surface area contributed by atoms with Crippen molar-refractivity contribution < 1.29 is 0 Å². The molecule has 4 heteroatoms. The van der Waals surface area contributed by atoms with Gasteiger partial charge in [-0.05, 0) is 49.1 Å². The topological polar surface area (TPSA) is 53.1 Å². The molecule has 0 saturated carbocycles. The van der Waals surface area contributed by atoms with Gasteiger partial charge in [-0.2, -0.15) is 5.26 Å². The zero-order chi connectivity index (χ0) is 19.0. The van der Waals surface area contributed by atoms with E-state index in [1.54, 1.807) is 0 Å². The average Bonchev–Trinajstić information content (AvgIpc) is 3.08. The average molecular weight is 354 g/mol. The molecule has 0 amide bonds. The lowest BCUT2D eigenvalue weighted by atomic mass is 10.0. The van der Waals surface area contributed by atoms with E-state index in [4.69, 9.17) is 4.98 Å². The minimum absolute atomic E-state index is 0.133. The van der Waals surface area contributed by atoms with Gasteiger partial charge in [-0.25, -0.2) is 4.98 Å². The minimum atomic E-state index is 0.133. The second-order valence-corrected chi connectivity index (χ2v) is 6.83. The Bertz CT molecular complexity index is 1170. The van der Waals surface area contributed by atoms with E-state index in [1.165, 1.54) is 5.56 Å². The maximum atomic E-state index is 9.79. The number of pyridine rings is 1. The monoisotopic (exact) mass is 354 g/mol. The lowest BCUT2D eigenvalue weighted by Gasteiger charge is -2.22. The SMILES string of the molecule is CCc1c(C)c(C#N)c2nc3ccccc3n2c1NC(C)c1ccccc1. The molecule has 0 fully saturated rings. The van der Waals surface area contributed by atoms with E-state index in [-0.39, 0.29) is 6.04 Å². The third-order valence-electron chi connectivity index (χ3n) is 5.24. The Labute approximate surface area is 159 Å². The highest BCUT2D eigenvalue weighted by Crippen LogP contribution is 2.33. The summed E-state index contributed by atoms with van der Waals surface area (Å²) in [5.74, 6) is 1.02. The summed E-state index contributed by atoms with van der Waals surface area (Å²) in [6, 6.07) is 21.0. The van der Waals surface area contributed by atoms with Crippen LogP contribution in [0.15, 0.2) is 54.6 Å². The largest absolute Gasteiger partial charge is 0.364 e. The first-order chi connectivity index (χ1) is 13.2. The van der Waals surface area contributed by atoms with Crippen molar-refractivity contribution >= 4 is 22.5 Å². The van der Waals surface area contributed by atoms with Crippen LogP contribution < -0.4 is 5.32 Å². The Hall–Kier alpha value is -3.32. The van der Waals surface area contributed by atoms with Gasteiger partial charge in [-0.1, -0.05) is 49.4 Å². The molecule has 0 bridgehead atoms. The summed E-state index contributed by atoms with van der Waals surface area (Å²) in [7, 11) is 0. The van der Waals surface area contributed by atoms with Crippen LogP contribution in [0.25, 0.3) is 16.7 Å². The number of nitrogens with zero attached hydrogens (tertiary/aromatic N) is 3. The van der Waals surface area contributed by atoms with Gasteiger partial charge in [0.25, 0.3) is 0 Å². The van der Waals surface area contributed by atoms with Gasteiger partial charge in [0.2, 0.25) is 0 Å². The zero-order valence-corrected chi connectivity index (χ0v) is 15.8. The van der Waals surface area contributed by atoms with Crippen LogP contribution in [0.5, 0.6) is 0 Å². The number of hydrogen-bond acceptors (Lipinski definition) is 3. The van der Waals surface area contributed by atoms with Gasteiger partial charge in [0.05, 0.1) is 16.6 Å². The summed E-state index contributed by atoms with van der Waals surface area (Å²) < 4.78 is 2.11. The molecule has 4 nitrogen and oxygen atoms in total. The van der Waals surface area contributed by atoms with E-state index >= 15 is 0 Å². The molecule has 4 rings (SSSR count). The van der Waals surface area contributed by atoms with Gasteiger partial charge >= 0.3 is 0 Å². The summed E-state index contributed by atoms with van der Waals surface area (Å²) in [6.45, 7) is 6.31. The first-order valence-electron chi connectivity index (χ1n) is 9.30. The van der Waals surface area contributed by atoms with Gasteiger partial charge in [0, 0.05) is 6.04 Å². The zero-order valence-electron chi connectivity index (χ0n) is 15.8. The summed E-state index contributed by atoms with van der Waals surface area (Å²) >= 11 is 0. The number of rotatable bonds is 4. The van der Waals surface area contributed by atoms with Crippen LogP contribution in [-0.4, -0.2) is 9.38 Å². The van der Waals surface area contributed by atoms with Crippen molar-refractivity contribution in [3.8, 4) is 6.07 Å². The number of benzene rings is 2. The van der Waals surface area contributed by atoms with Gasteiger partial charge in [0.1, 0.15) is 11.9 Å². The molecule has 2 aromatic heterocycles. The second-order valence-electron chi connectivity index (χ2n) is 6.83. The standard InChI is InChI=1S/C23H22N4/c1-4-18-15(2)19(14-24)23-26-20-12-8-9-13-21(20)27(23)22(18)25-16(3)17-10-6-5-7-11-17/h5-13,16,25H,4H2,1-3H3. The van der Waals surface area contributed by atoms with Crippen LogP contribution >= 0.6 is 0 Å². The number of aromatic nitrogens is 2. The van der Waals surface area contributed by atoms with Crippen molar-refractivity contribution in [3.63, 3.8) is 0 Å². The molecule has 0 saturated heterocycles. The quantitative estimate of drug-likeness (QED) is 0.533. The van der Waals surface area contributed by atoms with Crippen molar-refractivity contribution in [1.82, 2.24) is 9.38 Å². The summed E-state index contributed by atoms with van der Waals surface area (Å²) in [5.41, 5.74) is 6.67. The molecule has 27 heavy (non-hydrogen) atoms. The van der Waals surface area contributed by atoms with Crippen molar-refractivity contribution in [1.29, 1.82) is 5.26 Å². The molecule has 2 aromatic carbocycles. The first-order valence-corrected chi connectivity index (χ1v) is 9.30. The van der Waals surface area contributed by atoms with Gasteiger partial charge in [-0.3, -0.25) is 4.40 Å². The summed E-state index contributed by atoms with van der Waals surface area (Å²) in [4.78, 5) is 4.76. The molecule has 1 N–H and O–H groups in total. The molecule has 134 valence electrons. The molecule has 1 unspecified atom stereocenters. The number of fused-ring (bicyclic) bond motifs is 3. The Morgan fingerprint density at radius 3 is 2.52 bits per heavy atom. The van der Waals surface area contributed by atoms with Crippen LogP contribution in [0.1, 0.15) is 42.1 Å². The van der Waals surface area contributed by atoms with Crippen LogP contribution in [-0.2, 0) is 6.42 Å². The number of hydrogen-bond donors (Lipinski definition) is 1. The van der Waals surface area contributed by atoms with Crippen LogP contribution in [0.2, 0.25) is 0 Å². The van der Waals surface area contributed by atoms with Crippen molar-refractivity contribution in [2.24, 2.45) is 0 Å². The van der Waals surface area contributed by atoms with Gasteiger partial charge < -0.3 is 5.32 Å². The molecule has 0 radical (unpaired) electrons. The Morgan fingerprint density at radius 2 is 1.81 bits per heavy atom. The molecule has 0 aliphatic carbocycles. The lowest BCUT2D eigenvalue weighted by Crippen LogP contribution is -2.14. The highest BCUT2D eigenvalue weighted by atomic mass is 15.1. The van der Waals surface area contributed by atoms with Crippen LogP contribution in [0.4, 0.5) is 5.82 Å². The minimum Gasteiger partial charge on any atom is -0.364 e. The number of anilines is 1. The predicted molar refractivity (Wildman–Crippen MR) is 110 cm³/mol.